The van der Waals surface area contributed by atoms with Gasteiger partial charge in [-0.3, -0.25) is 0 Å². The molecule has 0 spiro atoms. The molecule has 0 bridgehead atoms. The summed E-state index contributed by atoms with van der Waals surface area (Å²) >= 11 is 0. The van der Waals surface area contributed by atoms with E-state index in [9.17, 15) is 9.90 Å². The number of hydrogen-bond acceptors (Lipinski definition) is 3. The predicted octanol–water partition coefficient (Wildman–Crippen LogP) is 3.20. The van der Waals surface area contributed by atoms with E-state index in [1.54, 1.807) is 28.0 Å². The molecule has 0 aliphatic heterocycles. The maximum atomic E-state index is 12.6. The number of amides is 2. The number of likely N-dealkylation sites (N-methyl/N-ethyl adjacent to an activating group) is 1. The smallest absolute Gasteiger partial charge is 0.317 e. The Morgan fingerprint density at radius 1 is 1.16 bits per heavy atom. The summed E-state index contributed by atoms with van der Waals surface area (Å²) in [4.78, 5) is 14.1. The van der Waals surface area contributed by atoms with Crippen LogP contribution in [0.25, 0.3) is 0 Å². The zero-order valence-corrected chi connectivity index (χ0v) is 15.2. The van der Waals surface area contributed by atoms with E-state index in [1.165, 1.54) is 4.90 Å². The molecule has 0 aliphatic rings. The van der Waals surface area contributed by atoms with Gasteiger partial charge < -0.3 is 20.1 Å². The van der Waals surface area contributed by atoms with Crippen molar-refractivity contribution in [2.75, 3.05) is 20.7 Å². The maximum Gasteiger partial charge on any atom is 0.317 e. The van der Waals surface area contributed by atoms with Crippen molar-refractivity contribution in [2.24, 2.45) is 0 Å². The molecule has 0 aromatic heterocycles. The van der Waals surface area contributed by atoms with E-state index in [0.29, 0.717) is 5.75 Å². The summed E-state index contributed by atoms with van der Waals surface area (Å²) in [5, 5.41) is 13.0. The molecular formula is C20H26N2O3. The summed E-state index contributed by atoms with van der Waals surface area (Å²) in [6.07, 6.45) is 0. The first-order valence-electron chi connectivity index (χ1n) is 8.23. The highest BCUT2D eigenvalue weighted by molar-refractivity contribution is 5.75. The summed E-state index contributed by atoms with van der Waals surface area (Å²) < 4.78 is 5.47. The zero-order chi connectivity index (χ0) is 18.4. The molecule has 2 rings (SSSR count). The standard InChI is InChI=1S/C20H26N2O3/c1-20(2,24)14-22(3)19(23)21-18(15-10-6-5-7-11-15)16-12-8-9-13-17(16)25-4/h5-13,18,24H,14H2,1-4H3,(H,21,23)/t18-/m1/s1. The number of benzene rings is 2. The van der Waals surface area contributed by atoms with Crippen molar-refractivity contribution in [3.05, 3.63) is 65.7 Å². The molecule has 2 amide bonds. The largest absolute Gasteiger partial charge is 0.496 e. The van der Waals surface area contributed by atoms with Crippen LogP contribution in [-0.4, -0.2) is 42.3 Å². The lowest BCUT2D eigenvalue weighted by molar-refractivity contribution is 0.0529. The fourth-order valence-corrected chi connectivity index (χ4v) is 2.78. The Hall–Kier alpha value is -2.53. The molecule has 0 saturated carbocycles. The quantitative estimate of drug-likeness (QED) is 0.847. The van der Waals surface area contributed by atoms with Crippen LogP contribution in [0.15, 0.2) is 54.6 Å². The Labute approximate surface area is 149 Å². The van der Waals surface area contributed by atoms with Crippen LogP contribution in [0.5, 0.6) is 5.75 Å². The number of nitrogens with one attached hydrogen (secondary N) is 1. The minimum Gasteiger partial charge on any atom is -0.496 e. The number of carbonyl (C=O) groups excluding carboxylic acids is 1. The van der Waals surface area contributed by atoms with E-state index >= 15 is 0 Å². The first kappa shape index (κ1) is 18.8. The van der Waals surface area contributed by atoms with Crippen LogP contribution in [0.3, 0.4) is 0 Å². The van der Waals surface area contributed by atoms with E-state index < -0.39 is 5.60 Å². The highest BCUT2D eigenvalue weighted by Gasteiger charge is 2.24. The fraction of sp³-hybridized carbons (Fsp3) is 0.350. The molecule has 0 fully saturated rings. The Morgan fingerprint density at radius 2 is 1.76 bits per heavy atom. The van der Waals surface area contributed by atoms with E-state index in [-0.39, 0.29) is 18.6 Å². The summed E-state index contributed by atoms with van der Waals surface area (Å²) in [5.41, 5.74) is 0.872. The molecule has 0 heterocycles. The van der Waals surface area contributed by atoms with Gasteiger partial charge >= 0.3 is 6.03 Å². The molecule has 5 nitrogen and oxygen atoms in total. The van der Waals surface area contributed by atoms with E-state index in [0.717, 1.165) is 11.1 Å². The predicted molar refractivity (Wildman–Crippen MR) is 98.7 cm³/mol. The van der Waals surface area contributed by atoms with E-state index in [1.807, 2.05) is 54.6 Å². The summed E-state index contributed by atoms with van der Waals surface area (Å²) in [5.74, 6) is 0.710. The second-order valence-corrected chi connectivity index (χ2v) is 6.70. The van der Waals surface area contributed by atoms with Crippen molar-refractivity contribution >= 4 is 6.03 Å². The van der Waals surface area contributed by atoms with Crippen LogP contribution >= 0.6 is 0 Å². The van der Waals surface area contributed by atoms with Gasteiger partial charge in [0.2, 0.25) is 0 Å². The number of aliphatic hydroxyl groups is 1. The second-order valence-electron chi connectivity index (χ2n) is 6.70. The summed E-state index contributed by atoms with van der Waals surface area (Å²) in [7, 11) is 3.28. The van der Waals surface area contributed by atoms with Crippen molar-refractivity contribution in [1.29, 1.82) is 0 Å². The number of urea groups is 1. The zero-order valence-electron chi connectivity index (χ0n) is 15.2. The van der Waals surface area contributed by atoms with Crippen LogP contribution in [-0.2, 0) is 0 Å². The van der Waals surface area contributed by atoms with Crippen LogP contribution in [0.4, 0.5) is 4.79 Å². The molecule has 0 radical (unpaired) electrons. The lowest BCUT2D eigenvalue weighted by Crippen LogP contribution is -2.45. The highest BCUT2D eigenvalue weighted by atomic mass is 16.5. The Kier molecular flexibility index (Phi) is 6.04. The van der Waals surface area contributed by atoms with Crippen LogP contribution in [0.1, 0.15) is 31.0 Å². The van der Waals surface area contributed by atoms with Crippen molar-refractivity contribution in [1.82, 2.24) is 10.2 Å². The van der Waals surface area contributed by atoms with E-state index in [4.69, 9.17) is 4.74 Å². The molecule has 2 N–H and O–H groups in total. The molecule has 0 unspecified atom stereocenters. The molecule has 1 atom stereocenters. The van der Waals surface area contributed by atoms with Crippen LogP contribution < -0.4 is 10.1 Å². The minimum absolute atomic E-state index is 0.228. The van der Waals surface area contributed by atoms with Gasteiger partial charge in [0.25, 0.3) is 0 Å². The molecule has 25 heavy (non-hydrogen) atoms. The van der Waals surface area contributed by atoms with Crippen molar-refractivity contribution in [3.8, 4) is 5.75 Å². The van der Waals surface area contributed by atoms with Gasteiger partial charge in [-0.1, -0.05) is 48.5 Å². The lowest BCUT2D eigenvalue weighted by atomic mass is 9.98. The first-order valence-corrected chi connectivity index (χ1v) is 8.23. The molecule has 5 heteroatoms. The summed E-state index contributed by atoms with van der Waals surface area (Å²) in [6, 6.07) is 16.7. The Balaban J connectivity index is 2.32. The maximum absolute atomic E-state index is 12.6. The van der Waals surface area contributed by atoms with Gasteiger partial charge in [0.15, 0.2) is 0 Å². The molecule has 0 saturated heterocycles. The number of hydrogen-bond donors (Lipinski definition) is 2. The van der Waals surface area contributed by atoms with Crippen molar-refractivity contribution in [2.45, 2.75) is 25.5 Å². The molecule has 2 aromatic carbocycles. The number of carbonyl (C=O) groups is 1. The highest BCUT2D eigenvalue weighted by Crippen LogP contribution is 2.30. The molecule has 134 valence electrons. The second kappa shape index (κ2) is 8.03. The normalized spacial score (nSPS) is 12.4. The number of rotatable bonds is 6. The third kappa shape index (κ3) is 5.22. The minimum atomic E-state index is -0.960. The topological polar surface area (TPSA) is 61.8 Å². The molecule has 0 aliphatic carbocycles. The van der Waals surface area contributed by atoms with E-state index in [2.05, 4.69) is 5.32 Å². The van der Waals surface area contributed by atoms with Gasteiger partial charge in [-0.15, -0.1) is 0 Å². The number of methoxy groups -OCH3 is 1. The van der Waals surface area contributed by atoms with Gasteiger partial charge in [-0.25, -0.2) is 4.79 Å². The number of nitrogens with zero attached hydrogens (tertiary/aromatic N) is 1. The Bertz CT molecular complexity index is 696. The number of para-hydroxylation sites is 1. The average molecular weight is 342 g/mol. The number of ether oxygens (including phenoxy) is 1. The van der Waals surface area contributed by atoms with Gasteiger partial charge in [-0.2, -0.15) is 0 Å². The molecular weight excluding hydrogens is 316 g/mol. The third-order valence-electron chi connectivity index (χ3n) is 3.82. The summed E-state index contributed by atoms with van der Waals surface area (Å²) in [6.45, 7) is 3.57. The van der Waals surface area contributed by atoms with Gasteiger partial charge in [0.05, 0.1) is 25.3 Å². The molecule has 2 aromatic rings. The van der Waals surface area contributed by atoms with Crippen LogP contribution in [0, 0.1) is 0 Å². The van der Waals surface area contributed by atoms with Crippen molar-refractivity contribution in [3.63, 3.8) is 0 Å². The van der Waals surface area contributed by atoms with Gasteiger partial charge in [0.1, 0.15) is 5.75 Å². The SMILES string of the molecule is COc1ccccc1[C@H](NC(=O)N(C)CC(C)(C)O)c1ccccc1. The Morgan fingerprint density at radius 3 is 2.36 bits per heavy atom. The van der Waals surface area contributed by atoms with Crippen LogP contribution in [0.2, 0.25) is 0 Å². The third-order valence-corrected chi connectivity index (χ3v) is 3.82. The van der Waals surface area contributed by atoms with Crippen molar-refractivity contribution < 1.29 is 14.6 Å². The lowest BCUT2D eigenvalue weighted by Gasteiger charge is -2.29. The fourth-order valence-electron chi connectivity index (χ4n) is 2.78. The average Bonchev–Trinajstić information content (AvgIpc) is 2.58. The van der Waals surface area contributed by atoms with Gasteiger partial charge in [0, 0.05) is 12.6 Å². The first-order chi connectivity index (χ1) is 11.8. The van der Waals surface area contributed by atoms with Gasteiger partial charge in [-0.05, 0) is 25.5 Å². The monoisotopic (exact) mass is 342 g/mol.